The highest BCUT2D eigenvalue weighted by molar-refractivity contribution is 6.31. The zero-order valence-electron chi connectivity index (χ0n) is 11.3. The quantitative estimate of drug-likeness (QED) is 0.694. The molecule has 0 aliphatic carbocycles. The molecule has 2 heterocycles. The van der Waals surface area contributed by atoms with E-state index in [1.54, 1.807) is 30.6 Å². The van der Waals surface area contributed by atoms with Crippen LogP contribution in [0.4, 0.5) is 4.39 Å². The van der Waals surface area contributed by atoms with E-state index in [2.05, 4.69) is 15.3 Å². The van der Waals surface area contributed by atoms with Crippen molar-refractivity contribution in [2.24, 2.45) is 0 Å². The number of halogens is 2. The van der Waals surface area contributed by atoms with E-state index in [1.807, 2.05) is 0 Å². The third-order valence-corrected chi connectivity index (χ3v) is 3.53. The van der Waals surface area contributed by atoms with Gasteiger partial charge in [-0.1, -0.05) is 22.9 Å². The fourth-order valence-electron chi connectivity index (χ4n) is 2.15. The van der Waals surface area contributed by atoms with Gasteiger partial charge in [0.15, 0.2) is 12.0 Å². The van der Waals surface area contributed by atoms with Gasteiger partial charge >= 0.3 is 0 Å². The molecule has 7 heteroatoms. The normalized spacial score (nSPS) is 10.6. The molecule has 2 aromatic heterocycles. The molecule has 22 heavy (non-hydrogen) atoms. The Hall–Kier alpha value is -2.60. The number of nitrogens with zero attached hydrogens (tertiary/aromatic N) is 4. The molecule has 0 atom stereocenters. The van der Waals surface area contributed by atoms with Gasteiger partial charge in [-0.3, -0.25) is 9.78 Å². The van der Waals surface area contributed by atoms with Gasteiger partial charge in [0.05, 0.1) is 6.54 Å². The molecular weight excluding hydrogens is 307 g/mol. The Balaban J connectivity index is 2.09. The lowest BCUT2D eigenvalue weighted by molar-refractivity contribution is 0.111. The first-order chi connectivity index (χ1) is 10.7. The summed E-state index contributed by atoms with van der Waals surface area (Å²) in [7, 11) is 0. The summed E-state index contributed by atoms with van der Waals surface area (Å²) in [6.45, 7) is 0.0660. The van der Waals surface area contributed by atoms with E-state index in [-0.39, 0.29) is 17.8 Å². The first kappa shape index (κ1) is 14.3. The lowest BCUT2D eigenvalue weighted by Gasteiger charge is -2.09. The second kappa shape index (κ2) is 6.03. The van der Waals surface area contributed by atoms with Gasteiger partial charge in [0.2, 0.25) is 0 Å². The van der Waals surface area contributed by atoms with Gasteiger partial charge in [0.1, 0.15) is 11.5 Å². The van der Waals surface area contributed by atoms with Gasteiger partial charge in [-0.25, -0.2) is 9.07 Å². The average Bonchev–Trinajstić information content (AvgIpc) is 2.94. The molecule has 5 nitrogen and oxygen atoms in total. The average molecular weight is 317 g/mol. The van der Waals surface area contributed by atoms with Gasteiger partial charge in [0, 0.05) is 28.5 Å². The second-order valence-corrected chi connectivity index (χ2v) is 4.95. The SMILES string of the molecule is O=Cc1nnn(Cc2c(F)cccc2Cl)c1-c1cccnc1. The molecule has 3 rings (SSSR count). The topological polar surface area (TPSA) is 60.7 Å². The van der Waals surface area contributed by atoms with Crippen LogP contribution in [0.3, 0.4) is 0 Å². The maximum absolute atomic E-state index is 13.9. The zero-order valence-corrected chi connectivity index (χ0v) is 12.0. The van der Waals surface area contributed by atoms with E-state index in [1.165, 1.54) is 16.8 Å². The van der Waals surface area contributed by atoms with Crippen molar-refractivity contribution < 1.29 is 9.18 Å². The Morgan fingerprint density at radius 3 is 2.82 bits per heavy atom. The van der Waals surface area contributed by atoms with E-state index in [4.69, 9.17) is 11.6 Å². The molecule has 0 saturated carbocycles. The van der Waals surface area contributed by atoms with E-state index >= 15 is 0 Å². The molecule has 0 aliphatic rings. The molecule has 0 radical (unpaired) electrons. The van der Waals surface area contributed by atoms with Gasteiger partial charge < -0.3 is 0 Å². The summed E-state index contributed by atoms with van der Waals surface area (Å²) >= 11 is 6.04. The highest BCUT2D eigenvalue weighted by Gasteiger charge is 2.17. The molecular formula is C15H10ClFN4O. The van der Waals surface area contributed by atoms with Crippen LogP contribution in [0.2, 0.25) is 5.02 Å². The molecule has 0 unspecified atom stereocenters. The molecule has 3 aromatic rings. The summed E-state index contributed by atoms with van der Waals surface area (Å²) in [6, 6.07) is 7.96. The Morgan fingerprint density at radius 1 is 1.27 bits per heavy atom. The van der Waals surface area contributed by atoms with Crippen molar-refractivity contribution in [3.8, 4) is 11.3 Å². The first-order valence-electron chi connectivity index (χ1n) is 6.42. The predicted octanol–water partition coefficient (Wildman–Crippen LogP) is 2.99. The number of aldehydes is 1. The van der Waals surface area contributed by atoms with E-state index in [0.29, 0.717) is 22.6 Å². The molecule has 0 N–H and O–H groups in total. The van der Waals surface area contributed by atoms with Crippen LogP contribution in [-0.4, -0.2) is 26.3 Å². The predicted molar refractivity (Wildman–Crippen MR) is 79.2 cm³/mol. The minimum atomic E-state index is -0.437. The van der Waals surface area contributed by atoms with Crippen molar-refractivity contribution >= 4 is 17.9 Å². The van der Waals surface area contributed by atoms with E-state index in [9.17, 15) is 9.18 Å². The van der Waals surface area contributed by atoms with Gasteiger partial charge in [-0.15, -0.1) is 5.10 Å². The number of benzene rings is 1. The molecule has 0 amide bonds. The van der Waals surface area contributed by atoms with Crippen LogP contribution in [0, 0.1) is 5.82 Å². The van der Waals surface area contributed by atoms with Gasteiger partial charge in [0.25, 0.3) is 0 Å². The van der Waals surface area contributed by atoms with Crippen molar-refractivity contribution in [1.29, 1.82) is 0 Å². The fraction of sp³-hybridized carbons (Fsp3) is 0.0667. The Labute approximate surface area is 130 Å². The summed E-state index contributed by atoms with van der Waals surface area (Å²) in [6.07, 6.45) is 3.81. The number of hydrogen-bond acceptors (Lipinski definition) is 4. The largest absolute Gasteiger partial charge is 0.296 e. The number of hydrogen-bond donors (Lipinski definition) is 0. The number of carbonyl (C=O) groups is 1. The summed E-state index contributed by atoms with van der Waals surface area (Å²) in [5.41, 5.74) is 1.60. The lowest BCUT2D eigenvalue weighted by atomic mass is 10.1. The monoisotopic (exact) mass is 316 g/mol. The smallest absolute Gasteiger partial charge is 0.172 e. The van der Waals surface area contributed by atoms with Crippen LogP contribution in [0.15, 0.2) is 42.7 Å². The molecule has 0 spiro atoms. The summed E-state index contributed by atoms with van der Waals surface area (Å²) < 4.78 is 15.4. The number of aromatic nitrogens is 4. The molecule has 0 bridgehead atoms. The minimum absolute atomic E-state index is 0.0660. The highest BCUT2D eigenvalue weighted by atomic mass is 35.5. The Bertz CT molecular complexity index is 799. The van der Waals surface area contributed by atoms with Gasteiger partial charge in [-0.05, 0) is 24.3 Å². The number of carbonyl (C=O) groups excluding carboxylic acids is 1. The van der Waals surface area contributed by atoms with Crippen molar-refractivity contribution in [3.05, 3.63) is 64.8 Å². The molecule has 0 aliphatic heterocycles. The number of pyridine rings is 1. The van der Waals surface area contributed by atoms with Crippen LogP contribution in [0.25, 0.3) is 11.3 Å². The maximum atomic E-state index is 13.9. The molecule has 0 fully saturated rings. The summed E-state index contributed by atoms with van der Waals surface area (Å²) in [4.78, 5) is 15.2. The van der Waals surface area contributed by atoms with Gasteiger partial charge in [-0.2, -0.15) is 0 Å². The van der Waals surface area contributed by atoms with Crippen LogP contribution >= 0.6 is 11.6 Å². The highest BCUT2D eigenvalue weighted by Crippen LogP contribution is 2.24. The third kappa shape index (κ3) is 2.60. The van der Waals surface area contributed by atoms with Crippen LogP contribution in [0.5, 0.6) is 0 Å². The Kier molecular flexibility index (Phi) is 3.93. The fourth-order valence-corrected chi connectivity index (χ4v) is 2.37. The van der Waals surface area contributed by atoms with E-state index in [0.717, 1.165) is 0 Å². The second-order valence-electron chi connectivity index (χ2n) is 4.54. The van der Waals surface area contributed by atoms with Crippen molar-refractivity contribution in [1.82, 2.24) is 20.0 Å². The maximum Gasteiger partial charge on any atom is 0.172 e. The first-order valence-corrected chi connectivity index (χ1v) is 6.80. The molecule has 0 saturated heterocycles. The van der Waals surface area contributed by atoms with Crippen LogP contribution in [0.1, 0.15) is 16.1 Å². The van der Waals surface area contributed by atoms with Crippen molar-refractivity contribution in [2.45, 2.75) is 6.54 Å². The summed E-state index contributed by atoms with van der Waals surface area (Å²) in [5, 5.41) is 8.03. The molecule has 110 valence electrons. The van der Waals surface area contributed by atoms with Crippen LogP contribution in [-0.2, 0) is 6.54 Å². The number of rotatable bonds is 4. The van der Waals surface area contributed by atoms with Crippen LogP contribution < -0.4 is 0 Å². The van der Waals surface area contributed by atoms with Crippen molar-refractivity contribution in [3.63, 3.8) is 0 Å². The van der Waals surface area contributed by atoms with Crippen molar-refractivity contribution in [2.75, 3.05) is 0 Å². The third-order valence-electron chi connectivity index (χ3n) is 3.18. The zero-order chi connectivity index (χ0) is 15.5. The molecule has 1 aromatic carbocycles. The minimum Gasteiger partial charge on any atom is -0.296 e. The standard InChI is InChI=1S/C15H10ClFN4O/c16-12-4-1-5-13(17)11(12)8-21-15(14(9-22)19-20-21)10-3-2-6-18-7-10/h1-7,9H,8H2. The Morgan fingerprint density at radius 2 is 2.14 bits per heavy atom. The summed E-state index contributed by atoms with van der Waals surface area (Å²) in [5.74, 6) is -0.437. The van der Waals surface area contributed by atoms with E-state index < -0.39 is 5.82 Å². The lowest BCUT2D eigenvalue weighted by Crippen LogP contribution is -2.07.